The van der Waals surface area contributed by atoms with Crippen LogP contribution in [0.25, 0.3) is 0 Å². The fourth-order valence-corrected chi connectivity index (χ4v) is 3.11. The van der Waals surface area contributed by atoms with E-state index in [2.05, 4.69) is 14.9 Å². The Kier molecular flexibility index (Phi) is 7.07. The van der Waals surface area contributed by atoms with Gasteiger partial charge in [0.25, 0.3) is 0 Å². The van der Waals surface area contributed by atoms with E-state index in [1.807, 2.05) is 20.8 Å². The number of halogens is 1. The van der Waals surface area contributed by atoms with Crippen molar-refractivity contribution in [3.8, 4) is 5.75 Å². The first-order valence-corrected chi connectivity index (χ1v) is 10.2. The van der Waals surface area contributed by atoms with Gasteiger partial charge in [0.2, 0.25) is 5.95 Å². The van der Waals surface area contributed by atoms with Crippen LogP contribution in [0.2, 0.25) is 0 Å². The third kappa shape index (κ3) is 6.57. The number of carbonyl (C=O) groups excluding carboxylic acids is 1. The maximum atomic E-state index is 12.9. The topological polar surface area (TPSA) is 67.8 Å². The Morgan fingerprint density at radius 1 is 1.07 bits per heavy atom. The molecular weight excluding hydrogens is 387 g/mol. The minimum atomic E-state index is -0.501. The number of hydrogen-bond donors (Lipinski definition) is 0. The van der Waals surface area contributed by atoms with E-state index in [1.54, 1.807) is 29.4 Å². The maximum Gasteiger partial charge on any atom is 0.410 e. The maximum absolute atomic E-state index is 12.9. The summed E-state index contributed by atoms with van der Waals surface area (Å²) in [6.07, 6.45) is 4.52. The number of hydrogen-bond acceptors (Lipinski definition) is 6. The van der Waals surface area contributed by atoms with Gasteiger partial charge in [0.15, 0.2) is 5.75 Å². The van der Waals surface area contributed by atoms with Crippen LogP contribution in [0.3, 0.4) is 0 Å². The Bertz CT molecular complexity index is 822. The zero-order valence-corrected chi connectivity index (χ0v) is 17.8. The molecule has 1 aromatic carbocycles. The van der Waals surface area contributed by atoms with E-state index in [9.17, 15) is 9.18 Å². The zero-order chi connectivity index (χ0) is 21.6. The quantitative estimate of drug-likeness (QED) is 0.741. The SMILES string of the molecule is CC(C)(C)OC(=O)N1CCCN(c2ncc(OCCc3ccc(F)cc3)cn2)CC1. The molecule has 1 aliphatic rings. The van der Waals surface area contributed by atoms with Gasteiger partial charge in [-0.2, -0.15) is 0 Å². The van der Waals surface area contributed by atoms with Crippen LogP contribution in [0.1, 0.15) is 32.8 Å². The Balaban J connectivity index is 1.48. The van der Waals surface area contributed by atoms with Crippen LogP contribution in [-0.2, 0) is 11.2 Å². The first-order valence-electron chi connectivity index (χ1n) is 10.2. The van der Waals surface area contributed by atoms with E-state index in [4.69, 9.17) is 9.47 Å². The molecule has 162 valence electrons. The second kappa shape index (κ2) is 9.73. The van der Waals surface area contributed by atoms with Crippen molar-refractivity contribution in [2.24, 2.45) is 0 Å². The van der Waals surface area contributed by atoms with Gasteiger partial charge in [-0.15, -0.1) is 0 Å². The highest BCUT2D eigenvalue weighted by Gasteiger charge is 2.25. The molecule has 30 heavy (non-hydrogen) atoms. The minimum absolute atomic E-state index is 0.244. The molecule has 7 nitrogen and oxygen atoms in total. The summed E-state index contributed by atoms with van der Waals surface area (Å²) in [7, 11) is 0. The molecule has 0 unspecified atom stereocenters. The molecule has 8 heteroatoms. The van der Waals surface area contributed by atoms with Gasteiger partial charge < -0.3 is 19.3 Å². The Hall–Kier alpha value is -2.90. The predicted octanol–water partition coefficient (Wildman–Crippen LogP) is 3.68. The summed E-state index contributed by atoms with van der Waals surface area (Å²) in [5, 5.41) is 0. The van der Waals surface area contributed by atoms with Gasteiger partial charge in [0, 0.05) is 32.6 Å². The van der Waals surface area contributed by atoms with Crippen LogP contribution in [0.15, 0.2) is 36.7 Å². The molecule has 1 fully saturated rings. The second-order valence-corrected chi connectivity index (χ2v) is 8.25. The summed E-state index contributed by atoms with van der Waals surface area (Å²) >= 11 is 0. The van der Waals surface area contributed by atoms with Gasteiger partial charge in [0.1, 0.15) is 11.4 Å². The average molecular weight is 416 g/mol. The number of rotatable bonds is 5. The van der Waals surface area contributed by atoms with Gasteiger partial charge in [-0.25, -0.2) is 19.2 Å². The zero-order valence-electron chi connectivity index (χ0n) is 17.8. The summed E-state index contributed by atoms with van der Waals surface area (Å²) < 4.78 is 24.1. The molecule has 0 aliphatic carbocycles. The standard InChI is InChI=1S/C22H29FN4O3/c1-22(2,3)30-21(28)27-11-4-10-26(12-13-27)20-24-15-19(16-25-20)29-14-9-17-5-7-18(23)8-6-17/h5-8,15-16H,4,9-14H2,1-3H3. The van der Waals surface area contributed by atoms with E-state index < -0.39 is 5.60 Å². The summed E-state index contributed by atoms with van der Waals surface area (Å²) in [5.41, 5.74) is 0.506. The minimum Gasteiger partial charge on any atom is -0.490 e. The lowest BCUT2D eigenvalue weighted by Gasteiger charge is -2.26. The summed E-state index contributed by atoms with van der Waals surface area (Å²) in [4.78, 5) is 24.9. The van der Waals surface area contributed by atoms with Gasteiger partial charge in [0.05, 0.1) is 19.0 Å². The second-order valence-electron chi connectivity index (χ2n) is 8.25. The van der Waals surface area contributed by atoms with Crippen LogP contribution in [0.4, 0.5) is 15.1 Å². The first-order chi connectivity index (χ1) is 14.3. The largest absolute Gasteiger partial charge is 0.490 e. The van der Waals surface area contributed by atoms with Gasteiger partial charge >= 0.3 is 6.09 Å². The fourth-order valence-electron chi connectivity index (χ4n) is 3.11. The number of aromatic nitrogens is 2. The van der Waals surface area contributed by atoms with Crippen LogP contribution >= 0.6 is 0 Å². The predicted molar refractivity (Wildman–Crippen MR) is 112 cm³/mol. The highest BCUT2D eigenvalue weighted by molar-refractivity contribution is 5.68. The molecule has 1 saturated heterocycles. The normalized spacial score (nSPS) is 14.9. The van der Waals surface area contributed by atoms with Crippen LogP contribution in [0.5, 0.6) is 5.75 Å². The average Bonchev–Trinajstić information content (AvgIpc) is 2.95. The first kappa shape index (κ1) is 21.8. The molecule has 0 N–H and O–H groups in total. The molecule has 0 spiro atoms. The molecule has 2 aromatic rings. The van der Waals surface area contributed by atoms with Gasteiger partial charge in [-0.05, 0) is 44.9 Å². The number of ether oxygens (including phenoxy) is 2. The third-order valence-electron chi connectivity index (χ3n) is 4.62. The Labute approximate surface area is 176 Å². The van der Waals surface area contributed by atoms with E-state index in [1.165, 1.54) is 12.1 Å². The van der Waals surface area contributed by atoms with Crippen molar-refractivity contribution in [2.75, 3.05) is 37.7 Å². The van der Waals surface area contributed by atoms with Crippen molar-refractivity contribution in [1.82, 2.24) is 14.9 Å². The van der Waals surface area contributed by atoms with Crippen molar-refractivity contribution in [1.29, 1.82) is 0 Å². The molecule has 3 rings (SSSR count). The molecule has 0 bridgehead atoms. The molecule has 2 heterocycles. The van der Waals surface area contributed by atoms with E-state index >= 15 is 0 Å². The Morgan fingerprint density at radius 2 is 1.77 bits per heavy atom. The highest BCUT2D eigenvalue weighted by atomic mass is 19.1. The molecule has 1 amide bonds. The molecule has 0 atom stereocenters. The van der Waals surface area contributed by atoms with E-state index in [0.717, 1.165) is 18.5 Å². The third-order valence-corrected chi connectivity index (χ3v) is 4.62. The number of nitrogens with zero attached hydrogens (tertiary/aromatic N) is 4. The smallest absolute Gasteiger partial charge is 0.410 e. The molecular formula is C22H29FN4O3. The van der Waals surface area contributed by atoms with Crippen molar-refractivity contribution < 1.29 is 18.7 Å². The van der Waals surface area contributed by atoms with Gasteiger partial charge in [-0.3, -0.25) is 0 Å². The fraction of sp³-hybridized carbons (Fsp3) is 0.500. The van der Waals surface area contributed by atoms with Crippen LogP contribution < -0.4 is 9.64 Å². The molecule has 0 radical (unpaired) electrons. The molecule has 1 aromatic heterocycles. The summed E-state index contributed by atoms with van der Waals surface area (Å²) in [5.74, 6) is 0.962. The monoisotopic (exact) mass is 416 g/mol. The van der Waals surface area contributed by atoms with Crippen molar-refractivity contribution >= 4 is 12.0 Å². The van der Waals surface area contributed by atoms with Gasteiger partial charge in [-0.1, -0.05) is 12.1 Å². The van der Waals surface area contributed by atoms with Crippen molar-refractivity contribution in [3.63, 3.8) is 0 Å². The van der Waals surface area contributed by atoms with E-state index in [-0.39, 0.29) is 11.9 Å². The van der Waals surface area contributed by atoms with Crippen LogP contribution in [0, 0.1) is 5.82 Å². The number of benzene rings is 1. The lowest BCUT2D eigenvalue weighted by molar-refractivity contribution is 0.0263. The Morgan fingerprint density at radius 3 is 2.43 bits per heavy atom. The van der Waals surface area contributed by atoms with E-state index in [0.29, 0.717) is 44.4 Å². The van der Waals surface area contributed by atoms with Crippen LogP contribution in [-0.4, -0.2) is 59.3 Å². The van der Waals surface area contributed by atoms with Crippen molar-refractivity contribution in [2.45, 2.75) is 39.2 Å². The number of amides is 1. The molecule has 0 saturated carbocycles. The summed E-state index contributed by atoms with van der Waals surface area (Å²) in [6, 6.07) is 6.38. The lowest BCUT2D eigenvalue weighted by Crippen LogP contribution is -2.39. The lowest BCUT2D eigenvalue weighted by atomic mass is 10.2. The highest BCUT2D eigenvalue weighted by Crippen LogP contribution is 2.16. The molecule has 1 aliphatic heterocycles. The summed E-state index contributed by atoms with van der Waals surface area (Å²) in [6.45, 7) is 8.69. The van der Waals surface area contributed by atoms with Crippen molar-refractivity contribution in [3.05, 3.63) is 48.0 Å². The number of carbonyl (C=O) groups is 1. The number of anilines is 1.